The van der Waals surface area contributed by atoms with E-state index in [9.17, 15) is 4.79 Å². The summed E-state index contributed by atoms with van der Waals surface area (Å²) in [6.45, 7) is 2.29. The molecular weight excluding hydrogens is 238 g/mol. The molecule has 0 radical (unpaired) electrons. The first-order valence-corrected chi connectivity index (χ1v) is 7.07. The van der Waals surface area contributed by atoms with Crippen molar-refractivity contribution in [1.29, 1.82) is 0 Å². The van der Waals surface area contributed by atoms with Gasteiger partial charge in [0, 0.05) is 6.04 Å². The number of hydrogen-bond acceptors (Lipinski definition) is 2. The van der Waals surface area contributed by atoms with Crippen LogP contribution in [0.1, 0.15) is 31.7 Å². The van der Waals surface area contributed by atoms with Gasteiger partial charge in [-0.3, -0.25) is 0 Å². The van der Waals surface area contributed by atoms with Crippen LogP contribution in [0.4, 0.5) is 4.79 Å². The molecule has 0 aliphatic heterocycles. The highest BCUT2D eigenvalue weighted by molar-refractivity contribution is 5.67. The number of rotatable bonds is 4. The van der Waals surface area contributed by atoms with E-state index in [0.717, 1.165) is 12.3 Å². The molecule has 0 saturated heterocycles. The van der Waals surface area contributed by atoms with Gasteiger partial charge in [0.25, 0.3) is 0 Å². The van der Waals surface area contributed by atoms with Gasteiger partial charge in [0.2, 0.25) is 0 Å². The van der Waals surface area contributed by atoms with Gasteiger partial charge in [-0.05, 0) is 36.7 Å². The summed E-state index contributed by atoms with van der Waals surface area (Å²) in [5.41, 5.74) is 1.27. The number of hydrogen-bond donors (Lipinski definition) is 1. The summed E-state index contributed by atoms with van der Waals surface area (Å²) in [6.07, 6.45) is 4.22. The normalized spacial score (nSPS) is 23.9. The number of benzene rings is 1. The summed E-state index contributed by atoms with van der Waals surface area (Å²) in [4.78, 5) is 11.5. The van der Waals surface area contributed by atoms with Crippen LogP contribution in [0.2, 0.25) is 0 Å². The fourth-order valence-corrected chi connectivity index (χ4v) is 3.03. The molecule has 3 nitrogen and oxygen atoms in total. The third-order valence-electron chi connectivity index (χ3n) is 4.09. The van der Waals surface area contributed by atoms with Crippen molar-refractivity contribution in [3.05, 3.63) is 35.9 Å². The van der Waals surface area contributed by atoms with Crippen LogP contribution in [0.15, 0.2) is 30.3 Å². The zero-order valence-electron chi connectivity index (χ0n) is 11.8. The second-order valence-corrected chi connectivity index (χ2v) is 5.61. The summed E-state index contributed by atoms with van der Waals surface area (Å²) in [5.74, 6) is 1.33. The molecule has 0 heterocycles. The number of amides is 1. The molecule has 1 amide bonds. The van der Waals surface area contributed by atoms with Crippen LogP contribution < -0.4 is 5.32 Å². The molecule has 1 unspecified atom stereocenters. The standard InChI is InChI=1S/C16H23NO2/c1-12-8-9-14(10-12)15(17-16(18)19-2)11-13-6-4-3-5-7-13/h3-7,12,14-15H,8-11H2,1-2H3,(H,17,18)/t12-,14?,15+/m1/s1. The molecule has 1 aromatic carbocycles. The topological polar surface area (TPSA) is 38.3 Å². The highest BCUT2D eigenvalue weighted by Gasteiger charge is 2.30. The molecule has 1 aromatic rings. The Morgan fingerprint density at radius 1 is 1.37 bits per heavy atom. The van der Waals surface area contributed by atoms with Crippen molar-refractivity contribution < 1.29 is 9.53 Å². The lowest BCUT2D eigenvalue weighted by atomic mass is 9.91. The minimum absolute atomic E-state index is 0.180. The molecule has 1 N–H and O–H groups in total. The van der Waals surface area contributed by atoms with E-state index in [2.05, 4.69) is 24.4 Å². The van der Waals surface area contributed by atoms with Gasteiger partial charge < -0.3 is 10.1 Å². The number of methoxy groups -OCH3 is 1. The lowest BCUT2D eigenvalue weighted by molar-refractivity contribution is 0.161. The number of nitrogens with one attached hydrogen (secondary N) is 1. The summed E-state index contributed by atoms with van der Waals surface area (Å²) < 4.78 is 4.75. The SMILES string of the molecule is COC(=O)N[C@@H](Cc1ccccc1)C1CC[C@@H](C)C1. The van der Waals surface area contributed by atoms with E-state index >= 15 is 0 Å². The Morgan fingerprint density at radius 2 is 2.11 bits per heavy atom. The molecule has 0 spiro atoms. The first kappa shape index (κ1) is 13.9. The second-order valence-electron chi connectivity index (χ2n) is 5.61. The summed E-state index contributed by atoms with van der Waals surface area (Å²) >= 11 is 0. The Kier molecular flexibility index (Phi) is 4.83. The Hall–Kier alpha value is -1.51. The molecule has 0 bridgehead atoms. The molecule has 104 valence electrons. The van der Waals surface area contributed by atoms with E-state index < -0.39 is 0 Å². The summed E-state index contributed by atoms with van der Waals surface area (Å²) in [6, 6.07) is 10.5. The average Bonchev–Trinajstić information content (AvgIpc) is 2.85. The molecular formula is C16H23NO2. The quantitative estimate of drug-likeness (QED) is 0.902. The highest BCUT2D eigenvalue weighted by atomic mass is 16.5. The maximum Gasteiger partial charge on any atom is 0.407 e. The van der Waals surface area contributed by atoms with Crippen molar-refractivity contribution in [3.8, 4) is 0 Å². The molecule has 3 atom stereocenters. The van der Waals surface area contributed by atoms with Gasteiger partial charge in [-0.1, -0.05) is 43.7 Å². The van der Waals surface area contributed by atoms with Crippen molar-refractivity contribution in [1.82, 2.24) is 5.32 Å². The van der Waals surface area contributed by atoms with Crippen LogP contribution in [0.25, 0.3) is 0 Å². The van der Waals surface area contributed by atoms with Crippen LogP contribution in [-0.4, -0.2) is 19.2 Å². The number of carbonyl (C=O) groups excluding carboxylic acids is 1. The van der Waals surface area contributed by atoms with Crippen molar-refractivity contribution in [2.75, 3.05) is 7.11 Å². The van der Waals surface area contributed by atoms with E-state index in [1.165, 1.54) is 31.9 Å². The zero-order valence-corrected chi connectivity index (χ0v) is 11.8. The van der Waals surface area contributed by atoms with E-state index in [0.29, 0.717) is 5.92 Å². The number of carbonyl (C=O) groups is 1. The Labute approximate surface area is 115 Å². The Balaban J connectivity index is 2.03. The van der Waals surface area contributed by atoms with Gasteiger partial charge in [-0.15, -0.1) is 0 Å². The highest BCUT2D eigenvalue weighted by Crippen LogP contribution is 2.33. The third-order valence-corrected chi connectivity index (χ3v) is 4.09. The monoisotopic (exact) mass is 261 g/mol. The molecule has 19 heavy (non-hydrogen) atoms. The molecule has 1 aliphatic carbocycles. The van der Waals surface area contributed by atoms with Gasteiger partial charge in [-0.25, -0.2) is 4.79 Å². The van der Waals surface area contributed by atoms with Crippen LogP contribution in [0, 0.1) is 11.8 Å². The van der Waals surface area contributed by atoms with Crippen molar-refractivity contribution >= 4 is 6.09 Å². The third kappa shape index (κ3) is 3.98. The molecule has 0 aromatic heterocycles. The van der Waals surface area contributed by atoms with Crippen molar-refractivity contribution in [2.45, 2.75) is 38.6 Å². The van der Waals surface area contributed by atoms with Crippen LogP contribution in [-0.2, 0) is 11.2 Å². The first-order chi connectivity index (χ1) is 9.19. The van der Waals surface area contributed by atoms with Crippen molar-refractivity contribution in [3.63, 3.8) is 0 Å². The smallest absolute Gasteiger partial charge is 0.407 e. The van der Waals surface area contributed by atoms with Crippen molar-refractivity contribution in [2.24, 2.45) is 11.8 Å². The average molecular weight is 261 g/mol. The lowest BCUT2D eigenvalue weighted by Gasteiger charge is -2.24. The van der Waals surface area contributed by atoms with Crippen LogP contribution >= 0.6 is 0 Å². The molecule has 2 rings (SSSR count). The van der Waals surface area contributed by atoms with Crippen LogP contribution in [0.5, 0.6) is 0 Å². The molecule has 1 aliphatic rings. The van der Waals surface area contributed by atoms with Gasteiger partial charge in [0.1, 0.15) is 0 Å². The van der Waals surface area contributed by atoms with Gasteiger partial charge in [0.15, 0.2) is 0 Å². The number of alkyl carbamates (subject to hydrolysis) is 1. The fourth-order valence-electron chi connectivity index (χ4n) is 3.03. The summed E-state index contributed by atoms with van der Waals surface area (Å²) in [5, 5.41) is 3.02. The lowest BCUT2D eigenvalue weighted by Crippen LogP contribution is -2.41. The largest absolute Gasteiger partial charge is 0.453 e. The van der Waals surface area contributed by atoms with E-state index in [1.807, 2.05) is 18.2 Å². The molecule has 3 heteroatoms. The van der Waals surface area contributed by atoms with Gasteiger partial charge >= 0.3 is 6.09 Å². The first-order valence-electron chi connectivity index (χ1n) is 7.07. The summed E-state index contributed by atoms with van der Waals surface area (Å²) in [7, 11) is 1.42. The minimum atomic E-state index is -0.319. The van der Waals surface area contributed by atoms with E-state index in [-0.39, 0.29) is 12.1 Å². The second kappa shape index (κ2) is 6.60. The van der Waals surface area contributed by atoms with E-state index in [4.69, 9.17) is 4.74 Å². The Morgan fingerprint density at radius 3 is 2.68 bits per heavy atom. The zero-order chi connectivity index (χ0) is 13.7. The van der Waals surface area contributed by atoms with Gasteiger partial charge in [0.05, 0.1) is 7.11 Å². The molecule has 1 saturated carbocycles. The van der Waals surface area contributed by atoms with Crippen LogP contribution in [0.3, 0.4) is 0 Å². The fraction of sp³-hybridized carbons (Fsp3) is 0.562. The maximum atomic E-state index is 11.5. The maximum absolute atomic E-state index is 11.5. The predicted octanol–water partition coefficient (Wildman–Crippen LogP) is 3.39. The predicted molar refractivity (Wildman–Crippen MR) is 76.0 cm³/mol. The number of ether oxygens (including phenoxy) is 1. The molecule has 1 fully saturated rings. The van der Waals surface area contributed by atoms with Gasteiger partial charge in [-0.2, -0.15) is 0 Å². The minimum Gasteiger partial charge on any atom is -0.453 e. The Bertz CT molecular complexity index is 404. The van der Waals surface area contributed by atoms with E-state index in [1.54, 1.807) is 0 Å².